The molecule has 0 saturated heterocycles. The summed E-state index contributed by atoms with van der Waals surface area (Å²) in [5.74, 6) is 0.478. The summed E-state index contributed by atoms with van der Waals surface area (Å²) in [6, 6.07) is 16.4. The number of hydrogen-bond acceptors (Lipinski definition) is 4. The molecule has 0 radical (unpaired) electrons. The fourth-order valence-corrected chi connectivity index (χ4v) is 2.13. The van der Waals surface area contributed by atoms with Gasteiger partial charge in [-0.3, -0.25) is 4.79 Å². The summed E-state index contributed by atoms with van der Waals surface area (Å²) >= 11 is 0. The molecule has 0 bridgehead atoms. The Morgan fingerprint density at radius 2 is 1.82 bits per heavy atom. The smallest absolute Gasteiger partial charge is 0.239 e. The topological polar surface area (TPSA) is 70.6 Å². The third kappa shape index (κ3) is 4.23. The van der Waals surface area contributed by atoms with E-state index in [1.165, 1.54) is 0 Å². The summed E-state index contributed by atoms with van der Waals surface area (Å²) < 4.78 is 5.21. The number of rotatable bonds is 7. The second-order valence-electron chi connectivity index (χ2n) is 4.77. The van der Waals surface area contributed by atoms with Crippen LogP contribution in [0, 0.1) is 0 Å². The van der Waals surface area contributed by atoms with Crippen LogP contribution in [-0.4, -0.2) is 31.3 Å². The number of para-hydroxylation sites is 2. The number of methoxy groups -OCH3 is 1. The quantitative estimate of drug-likeness (QED) is 0.731. The molecule has 0 fully saturated rings. The summed E-state index contributed by atoms with van der Waals surface area (Å²) in [4.78, 5) is 12.0. The van der Waals surface area contributed by atoms with Crippen molar-refractivity contribution >= 4 is 11.6 Å². The van der Waals surface area contributed by atoms with Gasteiger partial charge in [-0.05, 0) is 17.7 Å². The highest BCUT2D eigenvalue weighted by atomic mass is 16.5. The molecule has 116 valence electrons. The maximum Gasteiger partial charge on any atom is 0.239 e. The van der Waals surface area contributed by atoms with E-state index in [1.807, 2.05) is 54.6 Å². The summed E-state index contributed by atoms with van der Waals surface area (Å²) in [5.41, 5.74) is 1.62. The first-order valence-electron chi connectivity index (χ1n) is 7.06. The minimum Gasteiger partial charge on any atom is -0.495 e. The highest BCUT2D eigenvalue weighted by Crippen LogP contribution is 2.22. The van der Waals surface area contributed by atoms with E-state index in [9.17, 15) is 9.90 Å². The van der Waals surface area contributed by atoms with Crippen LogP contribution in [0.3, 0.4) is 0 Å². The van der Waals surface area contributed by atoms with Crippen molar-refractivity contribution in [2.45, 2.75) is 6.04 Å². The van der Waals surface area contributed by atoms with Gasteiger partial charge in [-0.1, -0.05) is 42.5 Å². The van der Waals surface area contributed by atoms with Crippen LogP contribution in [0.5, 0.6) is 5.75 Å². The number of aliphatic hydroxyl groups excluding tert-OH is 1. The van der Waals surface area contributed by atoms with Crippen molar-refractivity contribution in [2.75, 3.05) is 25.6 Å². The van der Waals surface area contributed by atoms with Crippen LogP contribution in [0.25, 0.3) is 0 Å². The average Bonchev–Trinajstić information content (AvgIpc) is 2.58. The summed E-state index contributed by atoms with van der Waals surface area (Å²) in [6.45, 7) is -0.0475. The zero-order valence-electron chi connectivity index (χ0n) is 12.5. The predicted molar refractivity (Wildman–Crippen MR) is 85.9 cm³/mol. The van der Waals surface area contributed by atoms with Gasteiger partial charge in [0.05, 0.1) is 32.0 Å². The van der Waals surface area contributed by atoms with Crippen molar-refractivity contribution < 1.29 is 14.6 Å². The minimum absolute atomic E-state index is 0.101. The number of carbonyl (C=O) groups excluding carboxylic acids is 1. The fraction of sp³-hybridized carbons (Fsp3) is 0.235. The molecule has 5 heteroatoms. The molecule has 0 aliphatic heterocycles. The molecule has 1 unspecified atom stereocenters. The number of benzene rings is 2. The molecular weight excluding hydrogens is 280 g/mol. The van der Waals surface area contributed by atoms with Gasteiger partial charge < -0.3 is 20.5 Å². The van der Waals surface area contributed by atoms with E-state index in [2.05, 4.69) is 10.6 Å². The van der Waals surface area contributed by atoms with Gasteiger partial charge in [-0.15, -0.1) is 0 Å². The molecule has 2 aromatic carbocycles. The van der Waals surface area contributed by atoms with E-state index in [0.29, 0.717) is 5.75 Å². The first kappa shape index (κ1) is 15.9. The van der Waals surface area contributed by atoms with Crippen LogP contribution in [0.1, 0.15) is 11.6 Å². The molecule has 2 rings (SSSR count). The Labute approximate surface area is 129 Å². The molecule has 0 aliphatic carbocycles. The van der Waals surface area contributed by atoms with Crippen molar-refractivity contribution in [3.8, 4) is 5.75 Å². The van der Waals surface area contributed by atoms with Gasteiger partial charge >= 0.3 is 0 Å². The Morgan fingerprint density at radius 1 is 1.14 bits per heavy atom. The standard InChI is InChI=1S/C17H20N2O3/c1-22-16-10-6-5-9-14(16)18-11-17(21)19-15(12-20)13-7-3-2-4-8-13/h2-10,15,18,20H,11-12H2,1H3,(H,19,21). The predicted octanol–water partition coefficient (Wildman–Crippen LogP) is 1.96. The second-order valence-corrected chi connectivity index (χ2v) is 4.77. The maximum atomic E-state index is 12.0. The second kappa shape index (κ2) is 8.05. The van der Waals surface area contributed by atoms with E-state index >= 15 is 0 Å². The van der Waals surface area contributed by atoms with Crippen LogP contribution in [0.4, 0.5) is 5.69 Å². The largest absolute Gasteiger partial charge is 0.495 e. The molecule has 0 heterocycles. The van der Waals surface area contributed by atoms with E-state index in [1.54, 1.807) is 7.11 Å². The molecule has 0 aromatic heterocycles. The SMILES string of the molecule is COc1ccccc1NCC(=O)NC(CO)c1ccccc1. The van der Waals surface area contributed by atoms with Gasteiger partial charge in [0.15, 0.2) is 0 Å². The molecule has 1 atom stereocenters. The van der Waals surface area contributed by atoms with Gasteiger partial charge in [-0.2, -0.15) is 0 Å². The summed E-state index contributed by atoms with van der Waals surface area (Å²) in [5, 5.41) is 15.3. The first-order chi connectivity index (χ1) is 10.7. The molecule has 5 nitrogen and oxygen atoms in total. The number of anilines is 1. The van der Waals surface area contributed by atoms with Crippen molar-refractivity contribution in [2.24, 2.45) is 0 Å². The molecule has 3 N–H and O–H groups in total. The molecule has 2 aromatic rings. The molecule has 0 saturated carbocycles. The van der Waals surface area contributed by atoms with Gasteiger partial charge in [0.25, 0.3) is 0 Å². The molecule has 22 heavy (non-hydrogen) atoms. The monoisotopic (exact) mass is 300 g/mol. The van der Waals surface area contributed by atoms with Crippen LogP contribution in [0.2, 0.25) is 0 Å². The third-order valence-corrected chi connectivity index (χ3v) is 3.27. The maximum absolute atomic E-state index is 12.0. The lowest BCUT2D eigenvalue weighted by Gasteiger charge is -2.17. The lowest BCUT2D eigenvalue weighted by molar-refractivity contribution is -0.120. The Morgan fingerprint density at radius 3 is 2.50 bits per heavy atom. The molecular formula is C17H20N2O3. The number of hydrogen-bond donors (Lipinski definition) is 3. The number of amides is 1. The average molecular weight is 300 g/mol. The number of nitrogens with one attached hydrogen (secondary N) is 2. The lowest BCUT2D eigenvalue weighted by Crippen LogP contribution is -2.35. The van der Waals surface area contributed by atoms with Crippen LogP contribution in [-0.2, 0) is 4.79 Å². The van der Waals surface area contributed by atoms with E-state index in [4.69, 9.17) is 4.74 Å². The van der Waals surface area contributed by atoms with Gasteiger partial charge in [0.2, 0.25) is 5.91 Å². The fourth-order valence-electron chi connectivity index (χ4n) is 2.13. The van der Waals surface area contributed by atoms with E-state index in [-0.39, 0.29) is 19.1 Å². The number of carbonyl (C=O) groups is 1. The zero-order chi connectivity index (χ0) is 15.8. The normalized spacial score (nSPS) is 11.5. The van der Waals surface area contributed by atoms with Crippen molar-refractivity contribution in [3.05, 3.63) is 60.2 Å². The van der Waals surface area contributed by atoms with Crippen LogP contribution >= 0.6 is 0 Å². The van der Waals surface area contributed by atoms with Crippen LogP contribution in [0.15, 0.2) is 54.6 Å². The Hall–Kier alpha value is -2.53. The Balaban J connectivity index is 1.92. The minimum atomic E-state index is -0.409. The number of aliphatic hydroxyl groups is 1. The van der Waals surface area contributed by atoms with Gasteiger partial charge in [0, 0.05) is 0 Å². The molecule has 0 spiro atoms. The Kier molecular flexibility index (Phi) is 5.80. The summed E-state index contributed by atoms with van der Waals surface area (Å²) in [7, 11) is 1.58. The van der Waals surface area contributed by atoms with Crippen molar-refractivity contribution in [1.82, 2.24) is 5.32 Å². The number of ether oxygens (including phenoxy) is 1. The molecule has 0 aliphatic rings. The van der Waals surface area contributed by atoms with E-state index < -0.39 is 6.04 Å². The van der Waals surface area contributed by atoms with Crippen molar-refractivity contribution in [3.63, 3.8) is 0 Å². The molecule has 1 amide bonds. The highest BCUT2D eigenvalue weighted by Gasteiger charge is 2.13. The highest BCUT2D eigenvalue weighted by molar-refractivity contribution is 5.81. The van der Waals surface area contributed by atoms with E-state index in [0.717, 1.165) is 11.3 Å². The third-order valence-electron chi connectivity index (χ3n) is 3.27. The Bertz CT molecular complexity index is 602. The zero-order valence-corrected chi connectivity index (χ0v) is 12.5. The van der Waals surface area contributed by atoms with Gasteiger partial charge in [0.1, 0.15) is 5.75 Å². The van der Waals surface area contributed by atoms with Crippen molar-refractivity contribution in [1.29, 1.82) is 0 Å². The van der Waals surface area contributed by atoms with Gasteiger partial charge in [-0.25, -0.2) is 0 Å². The first-order valence-corrected chi connectivity index (χ1v) is 7.06. The summed E-state index contributed by atoms with van der Waals surface area (Å²) in [6.07, 6.45) is 0. The lowest BCUT2D eigenvalue weighted by atomic mass is 10.1. The van der Waals surface area contributed by atoms with Crippen LogP contribution < -0.4 is 15.4 Å².